The van der Waals surface area contributed by atoms with Gasteiger partial charge in [0.25, 0.3) is 0 Å². The summed E-state index contributed by atoms with van der Waals surface area (Å²) in [6.07, 6.45) is 1.78. The second-order valence-corrected chi connectivity index (χ2v) is 5.52. The van der Waals surface area contributed by atoms with Gasteiger partial charge in [-0.25, -0.2) is 4.98 Å². The van der Waals surface area contributed by atoms with Crippen LogP contribution >= 0.6 is 0 Å². The van der Waals surface area contributed by atoms with E-state index in [1.807, 2.05) is 33.8 Å². The first-order chi connectivity index (χ1) is 9.39. The van der Waals surface area contributed by atoms with Crippen LogP contribution in [0.1, 0.15) is 30.8 Å². The summed E-state index contributed by atoms with van der Waals surface area (Å²) in [5.41, 5.74) is 3.57. The van der Waals surface area contributed by atoms with E-state index in [0.29, 0.717) is 5.82 Å². The molecule has 0 aliphatic heterocycles. The monoisotopic (exact) mass is 269 g/mol. The van der Waals surface area contributed by atoms with Crippen LogP contribution in [0.5, 0.6) is 5.75 Å². The lowest BCUT2D eigenvalue weighted by Gasteiger charge is -2.12. The average molecular weight is 269 g/mol. The van der Waals surface area contributed by atoms with Crippen LogP contribution in [0.25, 0.3) is 11.3 Å². The first kappa shape index (κ1) is 14.1. The lowest BCUT2D eigenvalue weighted by atomic mass is 9.95. The first-order valence-electron chi connectivity index (χ1n) is 6.51. The highest BCUT2D eigenvalue weighted by Gasteiger charge is 2.23. The maximum atomic E-state index is 9.17. The van der Waals surface area contributed by atoms with Crippen LogP contribution in [0.15, 0.2) is 18.3 Å². The molecule has 1 aromatic carbocycles. The molecular weight excluding hydrogens is 250 g/mol. The minimum Gasteiger partial charge on any atom is -0.496 e. The van der Waals surface area contributed by atoms with Gasteiger partial charge in [0, 0.05) is 5.56 Å². The molecule has 0 spiro atoms. The van der Waals surface area contributed by atoms with Gasteiger partial charge in [-0.3, -0.25) is 0 Å². The van der Waals surface area contributed by atoms with Gasteiger partial charge in [-0.15, -0.1) is 0 Å². The second-order valence-electron chi connectivity index (χ2n) is 5.52. The maximum Gasteiger partial charge on any atom is 0.126 e. The molecule has 2 rings (SSSR count). The van der Waals surface area contributed by atoms with Crippen molar-refractivity contribution in [1.82, 2.24) is 9.97 Å². The largest absolute Gasteiger partial charge is 0.496 e. The Balaban J connectivity index is 2.49. The van der Waals surface area contributed by atoms with Gasteiger partial charge in [-0.2, -0.15) is 5.26 Å². The first-order valence-corrected chi connectivity index (χ1v) is 6.51. The van der Waals surface area contributed by atoms with E-state index in [0.717, 1.165) is 28.1 Å². The number of nitriles is 1. The Bertz CT molecular complexity index is 678. The predicted molar refractivity (Wildman–Crippen MR) is 78.7 cm³/mol. The summed E-state index contributed by atoms with van der Waals surface area (Å²) >= 11 is 0. The Morgan fingerprint density at radius 1 is 1.25 bits per heavy atom. The van der Waals surface area contributed by atoms with Gasteiger partial charge >= 0.3 is 0 Å². The molecule has 0 fully saturated rings. The van der Waals surface area contributed by atoms with E-state index < -0.39 is 5.41 Å². The molecule has 0 aliphatic carbocycles. The Kier molecular flexibility index (Phi) is 3.54. The number of hydrogen-bond donors (Lipinski definition) is 1. The summed E-state index contributed by atoms with van der Waals surface area (Å²) in [6.45, 7) is 7.75. The third kappa shape index (κ3) is 2.39. The zero-order valence-corrected chi connectivity index (χ0v) is 12.5. The molecule has 0 aliphatic rings. The molecule has 4 nitrogen and oxygen atoms in total. The summed E-state index contributed by atoms with van der Waals surface area (Å²) in [7, 11) is 1.67. The third-order valence-corrected chi connectivity index (χ3v) is 3.48. The molecule has 1 heterocycles. The minimum absolute atomic E-state index is 0.617. The van der Waals surface area contributed by atoms with Crippen LogP contribution in [0, 0.1) is 25.2 Å². The third-order valence-electron chi connectivity index (χ3n) is 3.48. The Hall–Kier alpha value is -2.28. The predicted octanol–water partition coefficient (Wildman–Crippen LogP) is 3.50. The second kappa shape index (κ2) is 5.01. The van der Waals surface area contributed by atoms with Crippen molar-refractivity contribution in [2.45, 2.75) is 33.1 Å². The molecule has 4 heteroatoms. The average Bonchev–Trinajstić information content (AvgIpc) is 2.91. The zero-order valence-electron chi connectivity index (χ0n) is 12.5. The number of hydrogen-bond acceptors (Lipinski definition) is 3. The summed E-state index contributed by atoms with van der Waals surface area (Å²) in [5, 5.41) is 9.17. The highest BCUT2D eigenvalue weighted by molar-refractivity contribution is 5.66. The van der Waals surface area contributed by atoms with Gasteiger partial charge in [-0.05, 0) is 51.0 Å². The van der Waals surface area contributed by atoms with Gasteiger partial charge in [0.2, 0.25) is 0 Å². The number of nitrogens with one attached hydrogen (secondary N) is 1. The van der Waals surface area contributed by atoms with Crippen molar-refractivity contribution in [2.75, 3.05) is 7.11 Å². The van der Waals surface area contributed by atoms with Gasteiger partial charge < -0.3 is 9.72 Å². The van der Waals surface area contributed by atoms with Crippen molar-refractivity contribution >= 4 is 0 Å². The van der Waals surface area contributed by atoms with Gasteiger partial charge in [0.05, 0.1) is 25.1 Å². The molecule has 0 amide bonds. The molecule has 0 unspecified atom stereocenters. The lowest BCUT2D eigenvalue weighted by molar-refractivity contribution is 0.411. The van der Waals surface area contributed by atoms with Crippen LogP contribution in [-0.4, -0.2) is 17.1 Å². The van der Waals surface area contributed by atoms with E-state index >= 15 is 0 Å². The number of aromatic nitrogens is 2. The molecule has 20 heavy (non-hydrogen) atoms. The van der Waals surface area contributed by atoms with E-state index in [2.05, 4.69) is 22.1 Å². The van der Waals surface area contributed by atoms with E-state index in [4.69, 9.17) is 10.00 Å². The van der Waals surface area contributed by atoms with Gasteiger partial charge in [0.15, 0.2) is 0 Å². The molecule has 1 N–H and O–H groups in total. The molecule has 104 valence electrons. The SMILES string of the molecule is COc1cc(C)c(-c2cnc(C(C)(C)C#N)[nH]2)cc1C. The fourth-order valence-electron chi connectivity index (χ4n) is 2.13. The van der Waals surface area contributed by atoms with Crippen molar-refractivity contribution < 1.29 is 4.74 Å². The Morgan fingerprint density at radius 3 is 2.55 bits per heavy atom. The molecule has 0 bridgehead atoms. The number of H-pyrrole nitrogens is 1. The number of aryl methyl sites for hydroxylation is 2. The standard InChI is InChI=1S/C16H19N3O/c1-10-7-14(20-5)11(2)6-12(10)13-8-18-15(19-13)16(3,4)9-17/h6-8H,1-5H3,(H,18,19). The highest BCUT2D eigenvalue weighted by Crippen LogP contribution is 2.30. The molecule has 0 atom stereocenters. The smallest absolute Gasteiger partial charge is 0.126 e. The molecule has 0 saturated carbocycles. The van der Waals surface area contributed by atoms with Crippen LogP contribution in [0.2, 0.25) is 0 Å². The molecule has 1 aromatic heterocycles. The molecule has 2 aromatic rings. The van der Waals surface area contributed by atoms with E-state index in [9.17, 15) is 0 Å². The zero-order chi connectivity index (χ0) is 14.9. The fraction of sp³-hybridized carbons (Fsp3) is 0.375. The van der Waals surface area contributed by atoms with E-state index in [1.54, 1.807) is 13.3 Å². The Labute approximate surface area is 119 Å². The number of aromatic amines is 1. The van der Waals surface area contributed by atoms with Crippen LogP contribution < -0.4 is 4.74 Å². The number of ether oxygens (including phenoxy) is 1. The molecular formula is C16H19N3O. The van der Waals surface area contributed by atoms with Crippen LogP contribution in [0.4, 0.5) is 0 Å². The maximum absolute atomic E-state index is 9.17. The normalized spacial score (nSPS) is 11.2. The summed E-state index contributed by atoms with van der Waals surface area (Å²) in [6, 6.07) is 6.34. The summed E-state index contributed by atoms with van der Waals surface area (Å²) in [4.78, 5) is 7.59. The number of imidazole rings is 1. The van der Waals surface area contributed by atoms with Crippen molar-refractivity contribution in [2.24, 2.45) is 0 Å². The number of methoxy groups -OCH3 is 1. The minimum atomic E-state index is -0.617. The van der Waals surface area contributed by atoms with Gasteiger partial charge in [0.1, 0.15) is 17.0 Å². The topological polar surface area (TPSA) is 61.7 Å². The lowest BCUT2D eigenvalue weighted by Crippen LogP contribution is -2.15. The fourth-order valence-corrected chi connectivity index (χ4v) is 2.13. The van der Waals surface area contributed by atoms with Crippen molar-refractivity contribution in [3.8, 4) is 23.1 Å². The van der Waals surface area contributed by atoms with Gasteiger partial charge in [-0.1, -0.05) is 0 Å². The number of nitrogens with zero attached hydrogens (tertiary/aromatic N) is 2. The number of rotatable bonds is 3. The molecule has 0 radical (unpaired) electrons. The quantitative estimate of drug-likeness (QED) is 0.927. The summed E-state index contributed by atoms with van der Waals surface area (Å²) < 4.78 is 5.32. The van der Waals surface area contributed by atoms with Crippen molar-refractivity contribution in [3.63, 3.8) is 0 Å². The van der Waals surface area contributed by atoms with Crippen molar-refractivity contribution in [1.29, 1.82) is 5.26 Å². The Morgan fingerprint density at radius 2 is 1.95 bits per heavy atom. The van der Waals surface area contributed by atoms with Crippen LogP contribution in [0.3, 0.4) is 0 Å². The highest BCUT2D eigenvalue weighted by atomic mass is 16.5. The van der Waals surface area contributed by atoms with Crippen LogP contribution in [-0.2, 0) is 5.41 Å². The van der Waals surface area contributed by atoms with E-state index in [1.165, 1.54) is 0 Å². The summed E-state index contributed by atoms with van der Waals surface area (Å²) in [5.74, 6) is 1.56. The molecule has 0 saturated heterocycles. The van der Waals surface area contributed by atoms with E-state index in [-0.39, 0.29) is 0 Å². The van der Waals surface area contributed by atoms with Crippen molar-refractivity contribution in [3.05, 3.63) is 35.3 Å². The number of benzene rings is 1.